The van der Waals surface area contributed by atoms with Gasteiger partial charge in [-0.15, -0.1) is 0 Å². The van der Waals surface area contributed by atoms with Crippen molar-refractivity contribution in [3.63, 3.8) is 0 Å². The minimum atomic E-state index is -0.499. The van der Waals surface area contributed by atoms with Crippen LogP contribution in [0.2, 0.25) is 0 Å². The smallest absolute Gasteiger partial charge is 0.332 e. The molecule has 6 heteroatoms. The van der Waals surface area contributed by atoms with Gasteiger partial charge in [-0.2, -0.15) is 0 Å². The first-order valence-electron chi connectivity index (χ1n) is 8.90. The van der Waals surface area contributed by atoms with Gasteiger partial charge in [0.15, 0.2) is 0 Å². The lowest BCUT2D eigenvalue weighted by atomic mass is 9.53. The molecule has 1 saturated carbocycles. The van der Waals surface area contributed by atoms with Crippen LogP contribution in [0.15, 0.2) is 22.9 Å². The zero-order valence-corrected chi connectivity index (χ0v) is 16.8. The van der Waals surface area contributed by atoms with Crippen molar-refractivity contribution < 1.29 is 14.3 Å². The summed E-state index contributed by atoms with van der Waals surface area (Å²) in [6.45, 7) is 7.69. The van der Waals surface area contributed by atoms with Crippen molar-refractivity contribution in [1.29, 1.82) is 0 Å². The lowest BCUT2D eigenvalue weighted by Gasteiger charge is -2.58. The Hall–Kier alpha value is -0.980. The number of hydrogen-bond acceptors (Lipinski definition) is 5. The first-order chi connectivity index (χ1) is 11.7. The summed E-state index contributed by atoms with van der Waals surface area (Å²) in [5.74, 6) is -0.316. The monoisotopic (exact) mass is 410 g/mol. The largest absolute Gasteiger partial charge is 0.458 e. The predicted molar refractivity (Wildman–Crippen MR) is 99.2 cm³/mol. The highest BCUT2D eigenvalue weighted by atomic mass is 79.9. The summed E-state index contributed by atoms with van der Waals surface area (Å²) in [6.07, 6.45) is 7.77. The Kier molecular flexibility index (Phi) is 5.24. The number of carbonyl (C=O) groups excluding carboxylic acids is 1. The molecule has 2 fully saturated rings. The molecule has 0 unspecified atom stereocenters. The topological polar surface area (TPSA) is 60.5 Å². The van der Waals surface area contributed by atoms with Gasteiger partial charge in [0.05, 0.1) is 5.60 Å². The third-order valence-corrected chi connectivity index (χ3v) is 5.77. The first-order valence-corrected chi connectivity index (χ1v) is 9.70. The molecule has 0 bridgehead atoms. The van der Waals surface area contributed by atoms with Crippen molar-refractivity contribution in [2.45, 2.75) is 57.7 Å². The second-order valence-electron chi connectivity index (χ2n) is 8.33. The zero-order chi connectivity index (χ0) is 18.1. The standard InChI is InChI=1S/C19H27BrN2O3/c1-17(2,3)25-16(23)11-24-19(14-4-7-22-10-15(14)20)12-18(13-19)5-8-21-9-6-18/h4,7,10,21H,5-6,8-9,11-13H2,1-3H3. The number of rotatable bonds is 4. The molecule has 0 radical (unpaired) electrons. The van der Waals surface area contributed by atoms with Crippen LogP contribution in [0.3, 0.4) is 0 Å². The average molecular weight is 411 g/mol. The van der Waals surface area contributed by atoms with Crippen LogP contribution in [0.25, 0.3) is 0 Å². The van der Waals surface area contributed by atoms with Gasteiger partial charge in [-0.25, -0.2) is 4.79 Å². The van der Waals surface area contributed by atoms with Crippen LogP contribution in [-0.4, -0.2) is 36.3 Å². The van der Waals surface area contributed by atoms with Crippen LogP contribution in [0.4, 0.5) is 0 Å². The van der Waals surface area contributed by atoms with Crippen molar-refractivity contribution in [2.24, 2.45) is 5.41 Å². The van der Waals surface area contributed by atoms with E-state index in [0.717, 1.165) is 48.8 Å². The van der Waals surface area contributed by atoms with Gasteiger partial charge in [-0.1, -0.05) is 0 Å². The van der Waals surface area contributed by atoms with E-state index < -0.39 is 11.2 Å². The minimum absolute atomic E-state index is 0.0274. The molecular weight excluding hydrogens is 384 g/mol. The van der Waals surface area contributed by atoms with E-state index in [1.807, 2.05) is 26.8 Å². The average Bonchev–Trinajstić information content (AvgIpc) is 2.50. The maximum atomic E-state index is 12.1. The van der Waals surface area contributed by atoms with Crippen LogP contribution < -0.4 is 5.32 Å². The van der Waals surface area contributed by atoms with E-state index in [9.17, 15) is 4.79 Å². The molecule has 1 spiro atoms. The molecule has 1 aliphatic heterocycles. The highest BCUT2D eigenvalue weighted by molar-refractivity contribution is 9.10. The SMILES string of the molecule is CC(C)(C)OC(=O)COC1(c2ccncc2Br)CC2(CCNCC2)C1. The first kappa shape index (κ1) is 18.8. The summed E-state index contributed by atoms with van der Waals surface area (Å²) in [4.78, 5) is 16.3. The number of aromatic nitrogens is 1. The molecule has 3 rings (SSSR count). The van der Waals surface area contributed by atoms with E-state index >= 15 is 0 Å². The van der Waals surface area contributed by atoms with Crippen molar-refractivity contribution in [3.05, 3.63) is 28.5 Å². The molecule has 25 heavy (non-hydrogen) atoms. The van der Waals surface area contributed by atoms with Crippen LogP contribution in [0.5, 0.6) is 0 Å². The van der Waals surface area contributed by atoms with Crippen LogP contribution in [-0.2, 0) is 19.9 Å². The third kappa shape index (κ3) is 4.23. The van der Waals surface area contributed by atoms with E-state index in [2.05, 4.69) is 26.2 Å². The lowest BCUT2D eigenvalue weighted by Crippen LogP contribution is -2.55. The molecule has 1 aliphatic carbocycles. The summed E-state index contributed by atoms with van der Waals surface area (Å²) in [5.41, 5.74) is 0.466. The van der Waals surface area contributed by atoms with E-state index in [4.69, 9.17) is 9.47 Å². The Bertz CT molecular complexity index is 628. The summed E-state index contributed by atoms with van der Waals surface area (Å²) in [7, 11) is 0. The fraction of sp³-hybridized carbons (Fsp3) is 0.684. The number of esters is 1. The number of hydrogen-bond donors (Lipinski definition) is 1. The van der Waals surface area contributed by atoms with Crippen molar-refractivity contribution >= 4 is 21.9 Å². The summed E-state index contributed by atoms with van der Waals surface area (Å²) >= 11 is 3.60. The second kappa shape index (κ2) is 6.97. The summed E-state index contributed by atoms with van der Waals surface area (Å²) in [5, 5.41) is 3.43. The quantitative estimate of drug-likeness (QED) is 0.768. The molecule has 0 atom stereocenters. The Balaban J connectivity index is 1.75. The van der Waals surface area contributed by atoms with Gasteiger partial charge < -0.3 is 14.8 Å². The van der Waals surface area contributed by atoms with E-state index in [1.165, 1.54) is 0 Å². The fourth-order valence-electron chi connectivity index (χ4n) is 4.15. The van der Waals surface area contributed by atoms with Gasteiger partial charge in [0.1, 0.15) is 12.2 Å². The zero-order valence-electron chi connectivity index (χ0n) is 15.2. The number of piperidine rings is 1. The molecule has 0 aromatic carbocycles. The van der Waals surface area contributed by atoms with E-state index in [0.29, 0.717) is 5.41 Å². The number of nitrogens with one attached hydrogen (secondary N) is 1. The van der Waals surface area contributed by atoms with Gasteiger partial charge in [-0.05, 0) is 87.0 Å². The van der Waals surface area contributed by atoms with Crippen LogP contribution >= 0.6 is 15.9 Å². The van der Waals surface area contributed by atoms with E-state index in [-0.39, 0.29) is 12.6 Å². The number of halogens is 1. The van der Waals surface area contributed by atoms with Crippen molar-refractivity contribution in [2.75, 3.05) is 19.7 Å². The molecule has 1 aromatic rings. The van der Waals surface area contributed by atoms with Gasteiger partial charge in [-0.3, -0.25) is 4.98 Å². The van der Waals surface area contributed by atoms with Gasteiger partial charge in [0, 0.05) is 22.4 Å². The third-order valence-electron chi connectivity index (χ3n) is 5.13. The second-order valence-corrected chi connectivity index (χ2v) is 9.18. The molecule has 5 nitrogen and oxygen atoms in total. The van der Waals surface area contributed by atoms with Crippen LogP contribution in [0, 0.1) is 5.41 Å². The maximum Gasteiger partial charge on any atom is 0.332 e. The molecule has 2 aliphatic rings. The Morgan fingerprint density at radius 2 is 2.00 bits per heavy atom. The highest BCUT2D eigenvalue weighted by Crippen LogP contribution is 2.61. The molecule has 0 amide bonds. The van der Waals surface area contributed by atoms with Crippen molar-refractivity contribution in [3.8, 4) is 0 Å². The molecule has 1 aromatic heterocycles. The van der Waals surface area contributed by atoms with Crippen molar-refractivity contribution in [1.82, 2.24) is 10.3 Å². The number of nitrogens with zero attached hydrogens (tertiary/aromatic N) is 1. The molecule has 1 saturated heterocycles. The highest BCUT2D eigenvalue weighted by Gasteiger charge is 2.57. The summed E-state index contributed by atoms with van der Waals surface area (Å²) < 4.78 is 12.6. The molecule has 2 heterocycles. The predicted octanol–water partition coefficient (Wildman–Crippen LogP) is 3.56. The van der Waals surface area contributed by atoms with Gasteiger partial charge >= 0.3 is 5.97 Å². The summed E-state index contributed by atoms with van der Waals surface area (Å²) in [6, 6.07) is 1.99. The number of pyridine rings is 1. The molecule has 138 valence electrons. The lowest BCUT2D eigenvalue weighted by molar-refractivity contribution is -0.202. The van der Waals surface area contributed by atoms with Gasteiger partial charge in [0.2, 0.25) is 0 Å². The van der Waals surface area contributed by atoms with E-state index in [1.54, 1.807) is 12.4 Å². The normalized spacial score (nSPS) is 21.6. The van der Waals surface area contributed by atoms with Gasteiger partial charge in [0.25, 0.3) is 0 Å². The Labute approximate surface area is 158 Å². The Morgan fingerprint density at radius 3 is 2.60 bits per heavy atom. The van der Waals surface area contributed by atoms with Crippen LogP contribution in [0.1, 0.15) is 52.0 Å². The Morgan fingerprint density at radius 1 is 1.32 bits per heavy atom. The molecular formula is C19H27BrN2O3. The maximum absolute atomic E-state index is 12.1. The minimum Gasteiger partial charge on any atom is -0.458 e. The number of carbonyl (C=O) groups is 1. The fourth-order valence-corrected chi connectivity index (χ4v) is 4.77. The number of ether oxygens (including phenoxy) is 2. The molecule has 1 N–H and O–H groups in total.